The van der Waals surface area contributed by atoms with Crippen molar-refractivity contribution in [2.75, 3.05) is 6.61 Å². The molecule has 0 radical (unpaired) electrons. The summed E-state index contributed by atoms with van der Waals surface area (Å²) in [6, 6.07) is 10.3. The third-order valence-corrected chi connectivity index (χ3v) is 2.35. The summed E-state index contributed by atoms with van der Waals surface area (Å²) in [6.07, 6.45) is 12.1. The summed E-state index contributed by atoms with van der Waals surface area (Å²) in [6.45, 7) is 2.27. The third-order valence-electron chi connectivity index (χ3n) is 2.35. The van der Waals surface area contributed by atoms with Gasteiger partial charge in [-0.3, -0.25) is 0 Å². The topological polar surface area (TPSA) is 20.2 Å². The van der Waals surface area contributed by atoms with E-state index >= 15 is 0 Å². The van der Waals surface area contributed by atoms with Gasteiger partial charge in [0, 0.05) is 0 Å². The second-order valence-corrected chi connectivity index (χ2v) is 3.85. The Balaban J connectivity index is 2.75. The van der Waals surface area contributed by atoms with E-state index in [2.05, 4.69) is 31.2 Å². The summed E-state index contributed by atoms with van der Waals surface area (Å²) in [5.74, 6) is 0. The Bertz CT molecular complexity index is 385. The number of aliphatic hydroxyl groups is 1. The molecule has 0 saturated carbocycles. The minimum atomic E-state index is 0.0931. The van der Waals surface area contributed by atoms with Gasteiger partial charge in [0.2, 0.25) is 0 Å². The summed E-state index contributed by atoms with van der Waals surface area (Å²) in [5.41, 5.74) is 2.54. The zero-order valence-corrected chi connectivity index (χ0v) is 10.3. The molecule has 1 heteroatoms. The van der Waals surface area contributed by atoms with Gasteiger partial charge in [-0.15, -0.1) is 0 Å². The first kappa shape index (κ1) is 13.5. The predicted octanol–water partition coefficient (Wildman–Crippen LogP) is 3.97. The molecule has 0 aliphatic heterocycles. The van der Waals surface area contributed by atoms with Crippen LogP contribution in [0.1, 0.15) is 25.3 Å². The number of hydrogen-bond acceptors (Lipinski definition) is 1. The van der Waals surface area contributed by atoms with Gasteiger partial charge in [0.15, 0.2) is 0 Å². The Morgan fingerprint density at radius 1 is 1.18 bits per heavy atom. The highest BCUT2D eigenvalue weighted by atomic mass is 16.2. The molecule has 1 aromatic carbocycles. The second kappa shape index (κ2) is 8.54. The molecule has 0 aliphatic carbocycles. The molecule has 0 spiro atoms. The Morgan fingerprint density at radius 3 is 2.59 bits per heavy atom. The maximum atomic E-state index is 8.63. The van der Waals surface area contributed by atoms with E-state index in [0.29, 0.717) is 0 Å². The summed E-state index contributed by atoms with van der Waals surface area (Å²) >= 11 is 0. The monoisotopic (exact) mass is 228 g/mol. The average molecular weight is 228 g/mol. The summed E-state index contributed by atoms with van der Waals surface area (Å²) < 4.78 is 0. The fraction of sp³-hybridized carbons (Fsp3) is 0.250. The molecule has 1 nitrogen and oxygen atoms in total. The van der Waals surface area contributed by atoms with Crippen LogP contribution in [0.4, 0.5) is 0 Å². The number of rotatable bonds is 6. The van der Waals surface area contributed by atoms with Gasteiger partial charge in [0.25, 0.3) is 0 Å². The zero-order valence-electron chi connectivity index (χ0n) is 10.3. The molecule has 1 N–H and O–H groups in total. The van der Waals surface area contributed by atoms with E-state index in [1.165, 1.54) is 11.1 Å². The van der Waals surface area contributed by atoms with Crippen LogP contribution in [0.5, 0.6) is 0 Å². The van der Waals surface area contributed by atoms with Crippen molar-refractivity contribution in [2.24, 2.45) is 0 Å². The van der Waals surface area contributed by atoms with E-state index < -0.39 is 0 Å². The number of aliphatic hydroxyl groups excluding tert-OH is 1. The smallest absolute Gasteiger partial charge is 0.0615 e. The quantitative estimate of drug-likeness (QED) is 0.730. The zero-order chi connectivity index (χ0) is 12.3. The number of hydrogen-bond donors (Lipinski definition) is 1. The van der Waals surface area contributed by atoms with E-state index in [1.54, 1.807) is 6.08 Å². The summed E-state index contributed by atoms with van der Waals surface area (Å²) in [5, 5.41) is 8.63. The first-order valence-corrected chi connectivity index (χ1v) is 6.06. The van der Waals surface area contributed by atoms with Crippen molar-refractivity contribution in [1.82, 2.24) is 0 Å². The Labute approximate surface area is 104 Å². The molecule has 0 amide bonds. The van der Waals surface area contributed by atoms with Crippen molar-refractivity contribution >= 4 is 6.08 Å². The molecular weight excluding hydrogens is 208 g/mol. The second-order valence-electron chi connectivity index (χ2n) is 3.85. The van der Waals surface area contributed by atoms with E-state index in [0.717, 1.165) is 12.8 Å². The highest BCUT2D eigenvalue weighted by Gasteiger charge is 1.91. The minimum absolute atomic E-state index is 0.0931. The highest BCUT2D eigenvalue weighted by Crippen LogP contribution is 2.12. The van der Waals surface area contributed by atoms with Gasteiger partial charge in [-0.05, 0) is 17.6 Å². The van der Waals surface area contributed by atoms with Crippen molar-refractivity contribution < 1.29 is 5.11 Å². The molecule has 0 saturated heterocycles. The molecule has 17 heavy (non-hydrogen) atoms. The first-order valence-electron chi connectivity index (χ1n) is 6.06. The average Bonchev–Trinajstić information content (AvgIpc) is 2.36. The van der Waals surface area contributed by atoms with Crippen molar-refractivity contribution in [3.05, 3.63) is 65.8 Å². The lowest BCUT2D eigenvalue weighted by Crippen LogP contribution is -1.79. The summed E-state index contributed by atoms with van der Waals surface area (Å²) in [4.78, 5) is 0. The van der Waals surface area contributed by atoms with Crippen molar-refractivity contribution in [3.63, 3.8) is 0 Å². The van der Waals surface area contributed by atoms with Crippen LogP contribution in [0.3, 0.4) is 0 Å². The highest BCUT2D eigenvalue weighted by molar-refractivity contribution is 5.55. The molecule has 0 heterocycles. The van der Waals surface area contributed by atoms with Gasteiger partial charge >= 0.3 is 0 Å². The maximum Gasteiger partial charge on any atom is 0.0615 e. The van der Waals surface area contributed by atoms with Crippen LogP contribution in [-0.4, -0.2) is 11.7 Å². The fourth-order valence-electron chi connectivity index (χ4n) is 1.57. The van der Waals surface area contributed by atoms with Crippen LogP contribution in [0.2, 0.25) is 0 Å². The largest absolute Gasteiger partial charge is 0.392 e. The number of benzene rings is 1. The van der Waals surface area contributed by atoms with Crippen LogP contribution in [-0.2, 0) is 0 Å². The lowest BCUT2D eigenvalue weighted by molar-refractivity contribution is 0.343. The van der Waals surface area contributed by atoms with Crippen molar-refractivity contribution in [2.45, 2.75) is 19.8 Å². The molecule has 0 atom stereocenters. The van der Waals surface area contributed by atoms with Gasteiger partial charge < -0.3 is 5.11 Å². The van der Waals surface area contributed by atoms with Crippen LogP contribution in [0.25, 0.3) is 6.08 Å². The molecule has 0 aliphatic rings. The van der Waals surface area contributed by atoms with Crippen LogP contribution in [0.15, 0.2) is 60.2 Å². The van der Waals surface area contributed by atoms with Crippen molar-refractivity contribution in [3.8, 4) is 0 Å². The minimum Gasteiger partial charge on any atom is -0.392 e. The van der Waals surface area contributed by atoms with Gasteiger partial charge in [-0.1, -0.05) is 74.1 Å². The van der Waals surface area contributed by atoms with Crippen molar-refractivity contribution in [1.29, 1.82) is 0 Å². The van der Waals surface area contributed by atoms with E-state index in [1.807, 2.05) is 30.4 Å². The van der Waals surface area contributed by atoms with Crippen LogP contribution >= 0.6 is 0 Å². The Morgan fingerprint density at radius 2 is 1.94 bits per heavy atom. The molecule has 0 bridgehead atoms. The van der Waals surface area contributed by atoms with Gasteiger partial charge in [-0.25, -0.2) is 0 Å². The molecule has 90 valence electrons. The summed E-state index contributed by atoms with van der Waals surface area (Å²) in [7, 11) is 0. The molecular formula is C16H20O. The normalized spacial score (nSPS) is 12.7. The van der Waals surface area contributed by atoms with E-state index in [9.17, 15) is 0 Å². The van der Waals surface area contributed by atoms with Crippen LogP contribution in [0, 0.1) is 0 Å². The first-order chi connectivity index (χ1) is 8.36. The van der Waals surface area contributed by atoms with E-state index in [4.69, 9.17) is 5.11 Å². The predicted molar refractivity (Wildman–Crippen MR) is 74.7 cm³/mol. The Hall–Kier alpha value is -1.60. The lowest BCUT2D eigenvalue weighted by Gasteiger charge is -2.00. The standard InChI is InChI=1S/C16H20O/c1-2-9-15(10-7-4-8-13-17)14-16-11-5-3-6-12-16/h3-8,10-12,14,17H,2,9,13H2,1H3/b8-4+,10-7+,15-14?. The van der Waals surface area contributed by atoms with Gasteiger partial charge in [-0.2, -0.15) is 0 Å². The van der Waals surface area contributed by atoms with Gasteiger partial charge in [0.05, 0.1) is 6.61 Å². The van der Waals surface area contributed by atoms with Gasteiger partial charge in [0.1, 0.15) is 0 Å². The maximum absolute atomic E-state index is 8.63. The fourth-order valence-corrected chi connectivity index (χ4v) is 1.57. The third kappa shape index (κ3) is 5.88. The molecule has 1 rings (SSSR count). The molecule has 0 aromatic heterocycles. The molecule has 0 unspecified atom stereocenters. The molecule has 0 fully saturated rings. The van der Waals surface area contributed by atoms with Crippen LogP contribution < -0.4 is 0 Å². The SMILES string of the molecule is CCCC(=Cc1ccccc1)/C=C/C=C/CO. The lowest BCUT2D eigenvalue weighted by atomic mass is 10.1. The number of allylic oxidation sites excluding steroid dienone is 4. The molecule has 1 aromatic rings. The van der Waals surface area contributed by atoms with E-state index in [-0.39, 0.29) is 6.61 Å². The Kier molecular flexibility index (Phi) is 6.76.